The Morgan fingerprint density at radius 3 is 2.46 bits per heavy atom. The number of hydrogen-bond donors (Lipinski definition) is 2. The van der Waals surface area contributed by atoms with E-state index in [4.69, 9.17) is 0 Å². The van der Waals surface area contributed by atoms with Crippen LogP contribution in [0.25, 0.3) is 0 Å². The largest absolute Gasteiger partial charge is 0.324 e. The molecule has 2 N–H and O–H groups in total. The third-order valence-corrected chi connectivity index (χ3v) is 5.55. The summed E-state index contributed by atoms with van der Waals surface area (Å²) in [6.45, 7) is 0. The first-order valence-corrected chi connectivity index (χ1v) is 10.0. The van der Waals surface area contributed by atoms with Crippen LogP contribution in [0.3, 0.4) is 0 Å². The molecule has 0 spiro atoms. The zero-order chi connectivity index (χ0) is 19.7. The fourth-order valence-electron chi connectivity index (χ4n) is 3.74. The molecule has 2 aromatic rings. The molecular formula is C20H19BrN4O3. The molecule has 144 valence electrons. The standard InChI is InChI=1S/C20H19BrN4O3/c21-12-6-9-17(22-11-12)24-20(28)23-13-7-8-15-16(10-13)19(27)25(18(15)26)14-4-2-1-3-5-14/h6-11,14H,1-5H2,(H2,22,23,24,28). The summed E-state index contributed by atoms with van der Waals surface area (Å²) in [5.41, 5.74) is 1.19. The van der Waals surface area contributed by atoms with Crippen molar-refractivity contribution in [3.63, 3.8) is 0 Å². The van der Waals surface area contributed by atoms with E-state index in [1.807, 2.05) is 0 Å². The second kappa shape index (κ2) is 7.71. The van der Waals surface area contributed by atoms with Crippen molar-refractivity contribution in [3.8, 4) is 0 Å². The predicted molar refractivity (Wildman–Crippen MR) is 108 cm³/mol. The number of urea groups is 1. The summed E-state index contributed by atoms with van der Waals surface area (Å²) >= 11 is 3.28. The van der Waals surface area contributed by atoms with Gasteiger partial charge in [-0.3, -0.25) is 19.8 Å². The van der Waals surface area contributed by atoms with Gasteiger partial charge in [0.1, 0.15) is 5.82 Å². The summed E-state index contributed by atoms with van der Waals surface area (Å²) < 4.78 is 0.808. The highest BCUT2D eigenvalue weighted by Gasteiger charge is 2.40. The van der Waals surface area contributed by atoms with E-state index in [9.17, 15) is 14.4 Å². The lowest BCUT2D eigenvalue weighted by molar-refractivity contribution is 0.0549. The van der Waals surface area contributed by atoms with Gasteiger partial charge in [0.15, 0.2) is 0 Å². The van der Waals surface area contributed by atoms with Crippen LogP contribution in [0.15, 0.2) is 41.0 Å². The third-order valence-electron chi connectivity index (χ3n) is 5.08. The topological polar surface area (TPSA) is 91.4 Å². The van der Waals surface area contributed by atoms with Gasteiger partial charge in [0.05, 0.1) is 11.1 Å². The molecule has 8 heteroatoms. The number of halogens is 1. The fourth-order valence-corrected chi connectivity index (χ4v) is 3.97. The van der Waals surface area contributed by atoms with Crippen LogP contribution in [0.1, 0.15) is 52.8 Å². The first-order chi connectivity index (χ1) is 13.5. The average Bonchev–Trinajstić information content (AvgIpc) is 2.94. The van der Waals surface area contributed by atoms with Crippen molar-refractivity contribution in [1.29, 1.82) is 0 Å². The normalized spacial score (nSPS) is 16.8. The second-order valence-electron chi connectivity index (χ2n) is 6.97. The molecule has 0 radical (unpaired) electrons. The predicted octanol–water partition coefficient (Wildman–Crippen LogP) is 4.42. The van der Waals surface area contributed by atoms with Crippen LogP contribution >= 0.6 is 15.9 Å². The lowest BCUT2D eigenvalue weighted by Gasteiger charge is -2.29. The molecule has 4 rings (SSSR count). The van der Waals surface area contributed by atoms with Crippen LogP contribution < -0.4 is 10.6 Å². The van der Waals surface area contributed by atoms with Crippen molar-refractivity contribution in [2.24, 2.45) is 0 Å². The number of hydrogen-bond acceptors (Lipinski definition) is 4. The van der Waals surface area contributed by atoms with Crippen molar-refractivity contribution in [2.45, 2.75) is 38.1 Å². The maximum Gasteiger partial charge on any atom is 0.324 e. The highest BCUT2D eigenvalue weighted by molar-refractivity contribution is 9.10. The Morgan fingerprint density at radius 1 is 1.00 bits per heavy atom. The van der Waals surface area contributed by atoms with Crippen LogP contribution in [0.5, 0.6) is 0 Å². The molecule has 1 aromatic heterocycles. The zero-order valence-electron chi connectivity index (χ0n) is 15.1. The molecule has 1 aliphatic carbocycles. The van der Waals surface area contributed by atoms with Gasteiger partial charge in [-0.25, -0.2) is 9.78 Å². The number of carbonyl (C=O) groups excluding carboxylic acids is 3. The summed E-state index contributed by atoms with van der Waals surface area (Å²) in [5, 5.41) is 5.30. The Balaban J connectivity index is 1.48. The Bertz CT molecular complexity index is 939. The molecule has 4 amide bonds. The molecule has 1 saturated carbocycles. The van der Waals surface area contributed by atoms with Gasteiger partial charge in [-0.05, 0) is 59.1 Å². The van der Waals surface area contributed by atoms with Crippen LogP contribution in [0, 0.1) is 0 Å². The Labute approximate surface area is 170 Å². The number of fused-ring (bicyclic) bond motifs is 1. The lowest BCUT2D eigenvalue weighted by atomic mass is 9.94. The molecule has 1 fully saturated rings. The number of nitrogens with one attached hydrogen (secondary N) is 2. The number of benzene rings is 1. The van der Waals surface area contributed by atoms with Gasteiger partial charge in [-0.15, -0.1) is 0 Å². The molecule has 0 unspecified atom stereocenters. The maximum absolute atomic E-state index is 12.8. The number of rotatable bonds is 3. The monoisotopic (exact) mass is 442 g/mol. The molecule has 2 aliphatic rings. The van der Waals surface area contributed by atoms with Gasteiger partial charge >= 0.3 is 6.03 Å². The quantitative estimate of drug-likeness (QED) is 0.688. The van der Waals surface area contributed by atoms with Gasteiger partial charge in [-0.1, -0.05) is 19.3 Å². The van der Waals surface area contributed by atoms with Gasteiger partial charge in [0.2, 0.25) is 0 Å². The summed E-state index contributed by atoms with van der Waals surface area (Å²) in [6.07, 6.45) is 6.52. The second-order valence-corrected chi connectivity index (χ2v) is 7.89. The van der Waals surface area contributed by atoms with Gasteiger partial charge in [0.25, 0.3) is 11.8 Å². The van der Waals surface area contributed by atoms with Gasteiger partial charge in [0, 0.05) is 22.4 Å². The van der Waals surface area contributed by atoms with Crippen molar-refractivity contribution in [1.82, 2.24) is 9.88 Å². The number of amides is 4. The van der Waals surface area contributed by atoms with E-state index in [1.54, 1.807) is 36.5 Å². The van der Waals surface area contributed by atoms with E-state index in [0.717, 1.165) is 36.6 Å². The maximum atomic E-state index is 12.8. The summed E-state index contributed by atoms with van der Waals surface area (Å²) in [6, 6.07) is 7.72. The smallest absolute Gasteiger partial charge is 0.308 e. The minimum absolute atomic E-state index is 0.0238. The molecule has 1 aliphatic heterocycles. The van der Waals surface area contributed by atoms with E-state index in [-0.39, 0.29) is 17.9 Å². The molecule has 0 bridgehead atoms. The van der Waals surface area contributed by atoms with Crippen LogP contribution in [-0.4, -0.2) is 33.8 Å². The molecule has 28 heavy (non-hydrogen) atoms. The van der Waals surface area contributed by atoms with Crippen molar-refractivity contribution in [2.75, 3.05) is 10.6 Å². The average molecular weight is 443 g/mol. The number of aromatic nitrogens is 1. The molecule has 0 atom stereocenters. The molecule has 7 nitrogen and oxygen atoms in total. The van der Waals surface area contributed by atoms with Gasteiger partial charge in [-0.2, -0.15) is 0 Å². The minimum Gasteiger partial charge on any atom is -0.308 e. The number of anilines is 2. The van der Waals surface area contributed by atoms with E-state index in [2.05, 4.69) is 31.5 Å². The molecular weight excluding hydrogens is 424 g/mol. The van der Waals surface area contributed by atoms with Crippen molar-refractivity contribution in [3.05, 3.63) is 52.1 Å². The zero-order valence-corrected chi connectivity index (χ0v) is 16.7. The van der Waals surface area contributed by atoms with E-state index < -0.39 is 6.03 Å². The van der Waals surface area contributed by atoms with E-state index in [1.165, 1.54) is 4.90 Å². The molecule has 1 aromatic carbocycles. The highest BCUT2D eigenvalue weighted by atomic mass is 79.9. The van der Waals surface area contributed by atoms with Crippen molar-refractivity contribution >= 4 is 45.3 Å². The number of imide groups is 1. The van der Waals surface area contributed by atoms with Crippen LogP contribution in [0.4, 0.5) is 16.3 Å². The highest BCUT2D eigenvalue weighted by Crippen LogP contribution is 2.32. The Kier molecular flexibility index (Phi) is 5.13. The summed E-state index contributed by atoms with van der Waals surface area (Å²) in [5.74, 6) is -0.107. The molecule has 0 saturated heterocycles. The Hall–Kier alpha value is -2.74. The van der Waals surface area contributed by atoms with Crippen molar-refractivity contribution < 1.29 is 14.4 Å². The van der Waals surface area contributed by atoms with Crippen LogP contribution in [-0.2, 0) is 0 Å². The summed E-state index contributed by atoms with van der Waals surface area (Å²) in [7, 11) is 0. The van der Waals surface area contributed by atoms with Gasteiger partial charge < -0.3 is 5.32 Å². The number of nitrogens with zero attached hydrogens (tertiary/aromatic N) is 2. The summed E-state index contributed by atoms with van der Waals surface area (Å²) in [4.78, 5) is 43.2. The first-order valence-electron chi connectivity index (χ1n) is 9.24. The first kappa shape index (κ1) is 18.6. The third kappa shape index (κ3) is 3.64. The minimum atomic E-state index is -0.476. The number of pyridine rings is 1. The Morgan fingerprint density at radius 2 is 1.75 bits per heavy atom. The SMILES string of the molecule is O=C(Nc1ccc2c(c1)C(=O)N(C1CCCCC1)C2=O)Nc1ccc(Br)cn1. The fraction of sp³-hybridized carbons (Fsp3) is 0.300. The van der Waals surface area contributed by atoms with E-state index >= 15 is 0 Å². The van der Waals surface area contributed by atoms with Crippen LogP contribution in [0.2, 0.25) is 0 Å². The number of carbonyl (C=O) groups is 3. The molecule has 2 heterocycles. The van der Waals surface area contributed by atoms with E-state index in [0.29, 0.717) is 22.6 Å². The lowest BCUT2D eigenvalue weighted by Crippen LogP contribution is -2.40.